The van der Waals surface area contributed by atoms with Crippen LogP contribution in [-0.2, 0) is 4.79 Å². The second-order valence-electron chi connectivity index (χ2n) is 5.55. The highest BCUT2D eigenvalue weighted by Gasteiger charge is 2.13. The number of aryl methyl sites for hydroxylation is 1. The minimum absolute atomic E-state index is 0.158. The van der Waals surface area contributed by atoms with Crippen LogP contribution in [0, 0.1) is 6.92 Å². The lowest BCUT2D eigenvalue weighted by Gasteiger charge is -2.17. The molecule has 4 nitrogen and oxygen atoms in total. The second kappa shape index (κ2) is 8.20. The summed E-state index contributed by atoms with van der Waals surface area (Å²) in [5.41, 5.74) is 2.93. The molecule has 24 heavy (non-hydrogen) atoms. The average molecular weight is 325 g/mol. The average Bonchev–Trinajstić information content (AvgIpc) is 2.60. The van der Waals surface area contributed by atoms with Gasteiger partial charge >= 0.3 is 0 Å². The van der Waals surface area contributed by atoms with E-state index in [1.165, 1.54) is 6.08 Å². The Morgan fingerprint density at radius 2 is 1.79 bits per heavy atom. The Balaban J connectivity index is 2.09. The quantitative estimate of drug-likeness (QED) is 0.819. The molecule has 1 amide bonds. The molecule has 2 aromatic carbocycles. The van der Waals surface area contributed by atoms with Gasteiger partial charge in [0.05, 0.1) is 20.3 Å². The molecule has 0 saturated heterocycles. The smallest absolute Gasteiger partial charge is 0.244 e. The summed E-state index contributed by atoms with van der Waals surface area (Å²) in [6, 6.07) is 13.3. The van der Waals surface area contributed by atoms with Crippen molar-refractivity contribution in [2.45, 2.75) is 19.9 Å². The monoisotopic (exact) mass is 325 g/mol. The van der Waals surface area contributed by atoms with Gasteiger partial charge in [-0.1, -0.05) is 35.9 Å². The summed E-state index contributed by atoms with van der Waals surface area (Å²) in [6.07, 6.45) is 3.25. The lowest BCUT2D eigenvalue weighted by molar-refractivity contribution is -0.117. The molecule has 0 aliphatic carbocycles. The third-order valence-electron chi connectivity index (χ3n) is 3.76. The van der Waals surface area contributed by atoms with Crippen molar-refractivity contribution in [3.63, 3.8) is 0 Å². The first-order chi connectivity index (χ1) is 11.5. The second-order valence-corrected chi connectivity index (χ2v) is 5.55. The van der Waals surface area contributed by atoms with Crippen molar-refractivity contribution >= 4 is 12.0 Å². The zero-order valence-corrected chi connectivity index (χ0v) is 14.5. The summed E-state index contributed by atoms with van der Waals surface area (Å²) in [5, 5.41) is 2.96. The van der Waals surface area contributed by atoms with E-state index in [2.05, 4.69) is 5.32 Å². The predicted octanol–water partition coefficient (Wildman–Crippen LogP) is 3.90. The van der Waals surface area contributed by atoms with Crippen molar-refractivity contribution < 1.29 is 14.3 Å². The first kappa shape index (κ1) is 17.6. The fraction of sp³-hybridized carbons (Fsp3) is 0.250. The standard InChI is InChI=1S/C20H23NO3/c1-14-9-11-19(24-4)17(13-14)15(2)21-20(22)12-10-16-7-5-6-8-18(16)23-3/h5-13,15H,1-4H3,(H,21,22)/b12-10+/t15-/m1/s1. The number of carbonyl (C=O) groups is 1. The summed E-state index contributed by atoms with van der Waals surface area (Å²) in [7, 11) is 3.24. The van der Waals surface area contributed by atoms with E-state index < -0.39 is 0 Å². The Bertz CT molecular complexity index is 737. The van der Waals surface area contributed by atoms with Crippen molar-refractivity contribution in [1.82, 2.24) is 5.32 Å². The topological polar surface area (TPSA) is 47.6 Å². The van der Waals surface area contributed by atoms with E-state index >= 15 is 0 Å². The number of benzene rings is 2. The van der Waals surface area contributed by atoms with Crippen molar-refractivity contribution in [1.29, 1.82) is 0 Å². The van der Waals surface area contributed by atoms with E-state index in [9.17, 15) is 4.79 Å². The first-order valence-corrected chi connectivity index (χ1v) is 7.81. The molecule has 0 saturated carbocycles. The van der Waals surface area contributed by atoms with E-state index in [1.807, 2.05) is 56.3 Å². The SMILES string of the molecule is COc1ccccc1/C=C/C(=O)N[C@H](C)c1cc(C)ccc1OC. The van der Waals surface area contributed by atoms with Crippen LogP contribution in [0.15, 0.2) is 48.5 Å². The maximum atomic E-state index is 12.2. The van der Waals surface area contributed by atoms with E-state index in [1.54, 1.807) is 20.3 Å². The third kappa shape index (κ3) is 4.38. The highest BCUT2D eigenvalue weighted by atomic mass is 16.5. The lowest BCUT2D eigenvalue weighted by atomic mass is 10.0. The molecule has 0 unspecified atom stereocenters. The summed E-state index contributed by atoms with van der Waals surface area (Å²) in [6.45, 7) is 3.95. The summed E-state index contributed by atoms with van der Waals surface area (Å²) >= 11 is 0. The predicted molar refractivity (Wildman–Crippen MR) is 96.3 cm³/mol. The molecular weight excluding hydrogens is 302 g/mol. The van der Waals surface area contributed by atoms with Crippen LogP contribution in [0.2, 0.25) is 0 Å². The fourth-order valence-electron chi connectivity index (χ4n) is 2.50. The number of rotatable bonds is 6. The molecule has 4 heteroatoms. The molecule has 0 aliphatic rings. The van der Waals surface area contributed by atoms with Crippen LogP contribution >= 0.6 is 0 Å². The Hall–Kier alpha value is -2.75. The Morgan fingerprint density at radius 1 is 1.08 bits per heavy atom. The third-order valence-corrected chi connectivity index (χ3v) is 3.76. The zero-order valence-electron chi connectivity index (χ0n) is 14.5. The van der Waals surface area contributed by atoms with Gasteiger partial charge < -0.3 is 14.8 Å². The van der Waals surface area contributed by atoms with Gasteiger partial charge in [-0.15, -0.1) is 0 Å². The molecule has 2 rings (SSSR count). The number of nitrogens with one attached hydrogen (secondary N) is 1. The number of hydrogen-bond acceptors (Lipinski definition) is 3. The molecule has 2 aromatic rings. The van der Waals surface area contributed by atoms with Gasteiger partial charge in [0, 0.05) is 17.2 Å². The highest BCUT2D eigenvalue weighted by molar-refractivity contribution is 5.92. The number of ether oxygens (including phenoxy) is 2. The van der Waals surface area contributed by atoms with Gasteiger partial charge in [-0.05, 0) is 32.1 Å². The summed E-state index contributed by atoms with van der Waals surface area (Å²) in [5.74, 6) is 1.33. The summed E-state index contributed by atoms with van der Waals surface area (Å²) in [4.78, 5) is 12.2. The zero-order chi connectivity index (χ0) is 17.5. The molecule has 0 radical (unpaired) electrons. The van der Waals surface area contributed by atoms with Gasteiger partial charge in [0.1, 0.15) is 11.5 Å². The highest BCUT2D eigenvalue weighted by Crippen LogP contribution is 2.26. The van der Waals surface area contributed by atoms with Crippen LogP contribution in [0.1, 0.15) is 29.7 Å². The van der Waals surface area contributed by atoms with Crippen LogP contribution < -0.4 is 14.8 Å². The molecule has 0 aromatic heterocycles. The van der Waals surface area contributed by atoms with E-state index in [0.717, 1.165) is 28.2 Å². The molecule has 0 bridgehead atoms. The van der Waals surface area contributed by atoms with Crippen molar-refractivity contribution in [2.24, 2.45) is 0 Å². The largest absolute Gasteiger partial charge is 0.496 e. The molecule has 0 aliphatic heterocycles. The van der Waals surface area contributed by atoms with Crippen LogP contribution in [0.3, 0.4) is 0 Å². The number of hydrogen-bond donors (Lipinski definition) is 1. The maximum Gasteiger partial charge on any atom is 0.244 e. The first-order valence-electron chi connectivity index (χ1n) is 7.81. The molecule has 0 spiro atoms. The number of para-hydroxylation sites is 1. The Morgan fingerprint density at radius 3 is 2.50 bits per heavy atom. The number of carbonyl (C=O) groups excluding carboxylic acids is 1. The van der Waals surface area contributed by atoms with Crippen molar-refractivity contribution in [2.75, 3.05) is 14.2 Å². The van der Waals surface area contributed by atoms with Gasteiger partial charge in [-0.3, -0.25) is 4.79 Å². The molecule has 0 fully saturated rings. The van der Waals surface area contributed by atoms with Crippen LogP contribution in [0.4, 0.5) is 0 Å². The van der Waals surface area contributed by atoms with Crippen molar-refractivity contribution in [3.05, 3.63) is 65.2 Å². The van der Waals surface area contributed by atoms with Gasteiger partial charge in [-0.25, -0.2) is 0 Å². The molecule has 126 valence electrons. The van der Waals surface area contributed by atoms with Gasteiger partial charge in [0.15, 0.2) is 0 Å². The lowest BCUT2D eigenvalue weighted by Crippen LogP contribution is -2.25. The number of amides is 1. The van der Waals surface area contributed by atoms with E-state index in [-0.39, 0.29) is 11.9 Å². The minimum atomic E-state index is -0.169. The Labute approximate surface area is 143 Å². The van der Waals surface area contributed by atoms with E-state index in [4.69, 9.17) is 9.47 Å². The molecule has 1 atom stereocenters. The fourth-order valence-corrected chi connectivity index (χ4v) is 2.50. The normalized spacial score (nSPS) is 12.0. The minimum Gasteiger partial charge on any atom is -0.496 e. The van der Waals surface area contributed by atoms with Crippen molar-refractivity contribution in [3.8, 4) is 11.5 Å². The van der Waals surface area contributed by atoms with Gasteiger partial charge in [-0.2, -0.15) is 0 Å². The van der Waals surface area contributed by atoms with Crippen LogP contribution in [0.5, 0.6) is 11.5 Å². The molecule has 0 heterocycles. The van der Waals surface area contributed by atoms with E-state index in [0.29, 0.717) is 0 Å². The summed E-state index contributed by atoms with van der Waals surface area (Å²) < 4.78 is 10.6. The molecular formula is C20H23NO3. The van der Waals surface area contributed by atoms with Crippen LogP contribution in [-0.4, -0.2) is 20.1 Å². The molecule has 1 N–H and O–H groups in total. The van der Waals surface area contributed by atoms with Gasteiger partial charge in [0.2, 0.25) is 5.91 Å². The maximum absolute atomic E-state index is 12.2. The Kier molecular flexibility index (Phi) is 6.01. The number of methoxy groups -OCH3 is 2. The van der Waals surface area contributed by atoms with Crippen LogP contribution in [0.25, 0.3) is 6.08 Å². The van der Waals surface area contributed by atoms with Gasteiger partial charge in [0.25, 0.3) is 0 Å².